The normalized spacial score (nSPS) is 9.15. The number of nitrogens with two attached hydrogens (primary N) is 1. The van der Waals surface area contributed by atoms with Gasteiger partial charge in [-0.15, -0.1) is 0 Å². The van der Waals surface area contributed by atoms with Crippen molar-refractivity contribution in [3.63, 3.8) is 0 Å². The molecular formula is C7H6N4O2. The lowest BCUT2D eigenvalue weighted by atomic mass is 10.4. The molecule has 0 aromatic carbocycles. The molecule has 1 aromatic heterocycles. The molecule has 0 saturated heterocycles. The maximum atomic E-state index is 11.1. The molecule has 2 N–H and O–H groups in total. The van der Waals surface area contributed by atoms with E-state index in [9.17, 15) is 9.59 Å². The predicted molar refractivity (Wildman–Crippen MR) is 42.4 cm³/mol. The molecular weight excluding hydrogens is 172 g/mol. The van der Waals surface area contributed by atoms with Crippen LogP contribution in [0, 0.1) is 11.3 Å². The zero-order chi connectivity index (χ0) is 9.84. The van der Waals surface area contributed by atoms with E-state index < -0.39 is 11.5 Å². The van der Waals surface area contributed by atoms with E-state index >= 15 is 0 Å². The summed E-state index contributed by atoms with van der Waals surface area (Å²) in [7, 11) is 0. The van der Waals surface area contributed by atoms with Crippen LogP contribution in [0.15, 0.2) is 17.2 Å². The number of nitriles is 1. The van der Waals surface area contributed by atoms with Crippen LogP contribution in [-0.2, 0) is 11.3 Å². The molecule has 66 valence electrons. The van der Waals surface area contributed by atoms with E-state index in [1.807, 2.05) is 0 Å². The minimum absolute atomic E-state index is 0.0197. The Balaban J connectivity index is 3.25. The third-order valence-corrected chi connectivity index (χ3v) is 1.37. The van der Waals surface area contributed by atoms with Gasteiger partial charge in [0, 0.05) is 0 Å². The van der Waals surface area contributed by atoms with Crippen LogP contribution in [0.4, 0.5) is 0 Å². The highest BCUT2D eigenvalue weighted by molar-refractivity contribution is 5.73. The summed E-state index contributed by atoms with van der Waals surface area (Å²) in [5.74, 6) is -0.676. The zero-order valence-electron chi connectivity index (χ0n) is 6.60. The second-order valence-electron chi connectivity index (χ2n) is 2.30. The highest BCUT2D eigenvalue weighted by Crippen LogP contribution is 1.89. The molecule has 0 aliphatic carbocycles. The number of amides is 1. The maximum Gasteiger partial charge on any atom is 0.270 e. The van der Waals surface area contributed by atoms with Crippen LogP contribution in [0.2, 0.25) is 0 Å². The van der Waals surface area contributed by atoms with Crippen molar-refractivity contribution in [2.24, 2.45) is 5.73 Å². The van der Waals surface area contributed by atoms with Gasteiger partial charge in [0.05, 0.1) is 12.4 Å². The van der Waals surface area contributed by atoms with E-state index in [1.54, 1.807) is 6.07 Å². The van der Waals surface area contributed by atoms with Crippen molar-refractivity contribution in [2.45, 2.75) is 6.54 Å². The Morgan fingerprint density at radius 2 is 2.38 bits per heavy atom. The number of carbonyl (C=O) groups is 1. The fraction of sp³-hybridized carbons (Fsp3) is 0.143. The van der Waals surface area contributed by atoms with E-state index in [0.717, 1.165) is 10.8 Å². The second kappa shape index (κ2) is 3.49. The molecule has 1 aromatic rings. The van der Waals surface area contributed by atoms with Gasteiger partial charge in [0.15, 0.2) is 0 Å². The first kappa shape index (κ1) is 8.93. The van der Waals surface area contributed by atoms with E-state index in [2.05, 4.69) is 4.98 Å². The summed E-state index contributed by atoms with van der Waals surface area (Å²) in [5.41, 5.74) is 4.39. The van der Waals surface area contributed by atoms with E-state index in [0.29, 0.717) is 0 Å². The fourth-order valence-electron chi connectivity index (χ4n) is 0.838. The highest BCUT2D eigenvalue weighted by atomic mass is 16.2. The van der Waals surface area contributed by atoms with Crippen molar-refractivity contribution in [3.05, 3.63) is 28.4 Å². The molecule has 1 amide bonds. The Morgan fingerprint density at radius 1 is 1.69 bits per heavy atom. The molecule has 0 unspecified atom stereocenters. The highest BCUT2D eigenvalue weighted by Gasteiger charge is 2.05. The first-order valence-electron chi connectivity index (χ1n) is 3.38. The van der Waals surface area contributed by atoms with Crippen molar-refractivity contribution in [2.75, 3.05) is 0 Å². The SMILES string of the molecule is N#Cc1cncc(=O)n1CC(N)=O. The van der Waals surface area contributed by atoms with Gasteiger partial charge in [-0.1, -0.05) is 0 Å². The molecule has 0 bridgehead atoms. The predicted octanol–water partition coefficient (Wildman–Crippen LogP) is -1.40. The van der Waals surface area contributed by atoms with E-state index in [1.165, 1.54) is 6.20 Å². The van der Waals surface area contributed by atoms with E-state index in [-0.39, 0.29) is 12.2 Å². The van der Waals surface area contributed by atoms with Crippen molar-refractivity contribution in [1.82, 2.24) is 9.55 Å². The number of rotatable bonds is 2. The molecule has 0 atom stereocenters. The Kier molecular flexibility index (Phi) is 2.40. The van der Waals surface area contributed by atoms with Gasteiger partial charge < -0.3 is 5.73 Å². The minimum atomic E-state index is -0.676. The minimum Gasteiger partial charge on any atom is -0.368 e. The van der Waals surface area contributed by atoms with Gasteiger partial charge in [-0.2, -0.15) is 5.26 Å². The van der Waals surface area contributed by atoms with Crippen LogP contribution in [-0.4, -0.2) is 15.5 Å². The molecule has 0 radical (unpaired) electrons. The molecule has 13 heavy (non-hydrogen) atoms. The molecule has 0 aliphatic heterocycles. The number of hydrogen-bond acceptors (Lipinski definition) is 4. The van der Waals surface area contributed by atoms with Crippen molar-refractivity contribution >= 4 is 5.91 Å². The van der Waals surface area contributed by atoms with Gasteiger partial charge in [-0.3, -0.25) is 19.1 Å². The van der Waals surface area contributed by atoms with Crippen LogP contribution < -0.4 is 11.3 Å². The monoisotopic (exact) mass is 178 g/mol. The van der Waals surface area contributed by atoms with Gasteiger partial charge in [0.1, 0.15) is 18.3 Å². The summed E-state index contributed by atoms with van der Waals surface area (Å²) in [6.07, 6.45) is 2.22. The number of aromatic nitrogens is 2. The maximum absolute atomic E-state index is 11.1. The van der Waals surface area contributed by atoms with Crippen LogP contribution in [0.1, 0.15) is 5.69 Å². The topological polar surface area (TPSA) is 102 Å². The summed E-state index contributed by atoms with van der Waals surface area (Å²) < 4.78 is 0.968. The average Bonchev–Trinajstić information content (AvgIpc) is 2.08. The Hall–Kier alpha value is -2.16. The van der Waals surface area contributed by atoms with Gasteiger partial charge in [-0.25, -0.2) is 0 Å². The largest absolute Gasteiger partial charge is 0.368 e. The van der Waals surface area contributed by atoms with Gasteiger partial charge in [0.2, 0.25) is 5.91 Å². The third kappa shape index (κ3) is 1.90. The standard InChI is InChI=1S/C7H6N4O2/c8-1-5-2-10-3-7(13)11(5)4-6(9)12/h2-3H,4H2,(H2,9,12). The fourth-order valence-corrected chi connectivity index (χ4v) is 0.838. The van der Waals surface area contributed by atoms with Gasteiger partial charge in [0.25, 0.3) is 5.56 Å². The number of hydrogen-bond donors (Lipinski definition) is 1. The second-order valence-corrected chi connectivity index (χ2v) is 2.30. The summed E-state index contributed by atoms with van der Waals surface area (Å²) in [6, 6.07) is 1.73. The van der Waals surface area contributed by atoms with Crippen LogP contribution >= 0.6 is 0 Å². The Labute approximate surface area is 73.2 Å². The summed E-state index contributed by atoms with van der Waals surface area (Å²) in [4.78, 5) is 25.1. The molecule has 0 fully saturated rings. The molecule has 1 heterocycles. The van der Waals surface area contributed by atoms with Gasteiger partial charge in [-0.05, 0) is 0 Å². The van der Waals surface area contributed by atoms with Gasteiger partial charge >= 0.3 is 0 Å². The smallest absolute Gasteiger partial charge is 0.270 e. The summed E-state index contributed by atoms with van der Waals surface area (Å²) in [6.45, 7) is -0.301. The number of primary amides is 1. The summed E-state index contributed by atoms with van der Waals surface area (Å²) in [5, 5.41) is 8.55. The molecule has 0 saturated carbocycles. The zero-order valence-corrected chi connectivity index (χ0v) is 6.60. The Bertz CT molecular complexity index is 429. The van der Waals surface area contributed by atoms with E-state index in [4.69, 9.17) is 11.0 Å². The third-order valence-electron chi connectivity index (χ3n) is 1.37. The molecule has 1 rings (SSSR count). The average molecular weight is 178 g/mol. The molecule has 0 aliphatic rings. The van der Waals surface area contributed by atoms with Crippen LogP contribution in [0.5, 0.6) is 0 Å². The molecule has 6 nitrogen and oxygen atoms in total. The van der Waals surface area contributed by atoms with Crippen molar-refractivity contribution < 1.29 is 4.79 Å². The number of nitrogens with zero attached hydrogens (tertiary/aromatic N) is 3. The van der Waals surface area contributed by atoms with Crippen LogP contribution in [0.25, 0.3) is 0 Å². The summed E-state index contributed by atoms with van der Waals surface area (Å²) >= 11 is 0. The Morgan fingerprint density at radius 3 is 2.92 bits per heavy atom. The van der Waals surface area contributed by atoms with Crippen LogP contribution in [0.3, 0.4) is 0 Å². The lowest BCUT2D eigenvalue weighted by Crippen LogP contribution is -2.29. The number of carbonyl (C=O) groups excluding carboxylic acids is 1. The lowest BCUT2D eigenvalue weighted by molar-refractivity contribution is -0.118. The van der Waals surface area contributed by atoms with Crippen molar-refractivity contribution in [3.8, 4) is 6.07 Å². The van der Waals surface area contributed by atoms with Crippen molar-refractivity contribution in [1.29, 1.82) is 5.26 Å². The lowest BCUT2D eigenvalue weighted by Gasteiger charge is -2.02. The quantitative estimate of drug-likeness (QED) is 0.601. The molecule has 0 spiro atoms. The first-order valence-corrected chi connectivity index (χ1v) is 3.38. The molecule has 6 heteroatoms. The first-order chi connectivity index (χ1) is 6.15.